The van der Waals surface area contributed by atoms with Crippen molar-refractivity contribution in [1.29, 1.82) is 0 Å². The van der Waals surface area contributed by atoms with Gasteiger partial charge in [0.1, 0.15) is 23.7 Å². The van der Waals surface area contributed by atoms with E-state index < -0.39 is 42.1 Å². The largest absolute Gasteiger partial charge is 0.453 e. The maximum Gasteiger partial charge on any atom is 0.417 e. The Balaban J connectivity index is 1.10. The van der Waals surface area contributed by atoms with Crippen molar-refractivity contribution in [1.82, 2.24) is 40.4 Å². The van der Waals surface area contributed by atoms with E-state index in [-0.39, 0.29) is 40.8 Å². The normalized spacial score (nSPS) is 17.7. The average Bonchev–Trinajstić information content (AvgIpc) is 4.10. The van der Waals surface area contributed by atoms with Gasteiger partial charge in [-0.05, 0) is 77.6 Å². The Labute approximate surface area is 357 Å². The SMILES string of the molecule is COC(=O)N[C@H](C(=O)N1CCC[C@H]1c1ncc(-c2ccc(-c3ccc4cc(-c5cnc([C@@H]6CCCN6C(=O)[C@@H](NC(=O)OC)C(C)C)[nH]5)ccc4c3)c(C(F)(F)F)c2)[nH]1)C(C)C. The predicted molar refractivity (Wildman–Crippen MR) is 225 cm³/mol. The number of benzene rings is 3. The van der Waals surface area contributed by atoms with E-state index in [1.165, 1.54) is 26.5 Å². The van der Waals surface area contributed by atoms with Crippen molar-refractivity contribution in [3.8, 4) is 33.6 Å². The fourth-order valence-electron chi connectivity index (χ4n) is 8.47. The Hall–Kier alpha value is -6.39. The number of halogens is 3. The lowest BCUT2D eigenvalue weighted by atomic mass is 9.94. The quantitative estimate of drug-likeness (QED) is 0.102. The summed E-state index contributed by atoms with van der Waals surface area (Å²) in [6, 6.07) is 12.7. The van der Waals surface area contributed by atoms with Gasteiger partial charge in [-0.2, -0.15) is 13.2 Å². The van der Waals surface area contributed by atoms with Crippen LogP contribution in [0.15, 0.2) is 67.0 Å². The molecule has 0 aliphatic carbocycles. The van der Waals surface area contributed by atoms with Crippen LogP contribution in [0, 0.1) is 11.8 Å². The number of imidazole rings is 2. The van der Waals surface area contributed by atoms with Crippen molar-refractivity contribution in [3.05, 3.63) is 84.2 Å². The number of hydrogen-bond donors (Lipinski definition) is 4. The summed E-state index contributed by atoms with van der Waals surface area (Å²) < 4.78 is 53.8. The van der Waals surface area contributed by atoms with Gasteiger partial charge >= 0.3 is 18.4 Å². The highest BCUT2D eigenvalue weighted by Gasteiger charge is 2.39. The van der Waals surface area contributed by atoms with Crippen molar-refractivity contribution in [2.24, 2.45) is 11.8 Å². The molecule has 2 saturated heterocycles. The smallest absolute Gasteiger partial charge is 0.417 e. The van der Waals surface area contributed by atoms with Gasteiger partial charge in [-0.3, -0.25) is 9.59 Å². The standard InChI is InChI=1S/C45H51F3N8O6/c1-24(2)37(53-43(59)61-5)41(57)55-17-7-9-35(55)39-49-22-33(51-39)29-14-12-26-19-28(13-11-27(26)20-29)31-16-15-30(21-32(31)45(46,47)48)34-23-50-40(52-34)36-10-8-18-56(36)42(58)38(25(3)4)54-44(60)62-6/h11-16,19-25,35-38H,7-10,17-18H2,1-6H3,(H,49,51)(H,50,52)(H,53,59)(H,54,60)/t35-,36-,37-,38-/m0/s1. The zero-order chi connectivity index (χ0) is 44.5. The van der Waals surface area contributed by atoms with Crippen LogP contribution in [0.2, 0.25) is 0 Å². The molecule has 0 radical (unpaired) electrons. The molecule has 2 aromatic heterocycles. The first-order chi connectivity index (χ1) is 29.6. The second-order valence-corrected chi connectivity index (χ2v) is 16.5. The number of aromatic nitrogens is 4. The number of ether oxygens (including phenoxy) is 2. The summed E-state index contributed by atoms with van der Waals surface area (Å²) in [5, 5.41) is 6.82. The molecule has 4 N–H and O–H groups in total. The van der Waals surface area contributed by atoms with Gasteiger partial charge in [0.25, 0.3) is 0 Å². The molecule has 4 atom stereocenters. The first kappa shape index (κ1) is 43.7. The number of rotatable bonds is 11. The van der Waals surface area contributed by atoms with Gasteiger partial charge in [0.05, 0.1) is 55.6 Å². The summed E-state index contributed by atoms with van der Waals surface area (Å²) in [5.41, 5.74) is 1.81. The molecule has 0 saturated carbocycles. The van der Waals surface area contributed by atoms with Crippen molar-refractivity contribution in [2.75, 3.05) is 27.3 Å². The highest BCUT2D eigenvalue weighted by atomic mass is 19.4. The van der Waals surface area contributed by atoms with Crippen LogP contribution in [0.3, 0.4) is 0 Å². The van der Waals surface area contributed by atoms with Crippen molar-refractivity contribution >= 4 is 34.8 Å². The number of amides is 4. The highest BCUT2D eigenvalue weighted by molar-refractivity contribution is 5.91. The molecule has 0 unspecified atom stereocenters. The Morgan fingerprint density at radius 1 is 0.677 bits per heavy atom. The fraction of sp³-hybridized carbons (Fsp3) is 0.422. The molecule has 2 aliphatic heterocycles. The maximum absolute atomic E-state index is 14.8. The van der Waals surface area contributed by atoms with Crippen LogP contribution in [-0.2, 0) is 25.2 Å². The number of fused-ring (bicyclic) bond motifs is 1. The first-order valence-electron chi connectivity index (χ1n) is 20.7. The third-order valence-corrected chi connectivity index (χ3v) is 11.8. The molecule has 3 aromatic carbocycles. The monoisotopic (exact) mass is 856 g/mol. The average molecular weight is 857 g/mol. The number of likely N-dealkylation sites (tertiary alicyclic amines) is 2. The lowest BCUT2D eigenvalue weighted by molar-refractivity contribution is -0.137. The van der Waals surface area contributed by atoms with Crippen molar-refractivity contribution in [3.63, 3.8) is 0 Å². The minimum Gasteiger partial charge on any atom is -0.453 e. The van der Waals surface area contributed by atoms with E-state index in [9.17, 15) is 32.3 Å². The van der Waals surface area contributed by atoms with Gasteiger partial charge in [-0.15, -0.1) is 0 Å². The number of carbonyl (C=O) groups is 4. The molecule has 4 heterocycles. The summed E-state index contributed by atoms with van der Waals surface area (Å²) in [7, 11) is 2.48. The highest BCUT2D eigenvalue weighted by Crippen LogP contribution is 2.41. The van der Waals surface area contributed by atoms with Crippen LogP contribution >= 0.6 is 0 Å². The lowest BCUT2D eigenvalue weighted by Gasteiger charge is -2.30. The second kappa shape index (κ2) is 17.9. The third-order valence-electron chi connectivity index (χ3n) is 11.8. The Morgan fingerprint density at radius 2 is 1.11 bits per heavy atom. The maximum atomic E-state index is 14.8. The van der Waals surface area contributed by atoms with E-state index in [1.807, 2.05) is 45.9 Å². The molecule has 0 bridgehead atoms. The molecule has 2 fully saturated rings. The van der Waals surface area contributed by atoms with Crippen LogP contribution in [0.25, 0.3) is 44.4 Å². The van der Waals surface area contributed by atoms with Gasteiger partial charge in [0, 0.05) is 24.2 Å². The summed E-state index contributed by atoms with van der Waals surface area (Å²) in [4.78, 5) is 70.2. The van der Waals surface area contributed by atoms with Crippen LogP contribution in [-0.4, -0.2) is 93.1 Å². The molecule has 2 aliphatic rings. The lowest BCUT2D eigenvalue weighted by Crippen LogP contribution is -2.51. The van der Waals surface area contributed by atoms with Crippen molar-refractivity contribution < 1.29 is 41.8 Å². The number of H-pyrrole nitrogens is 2. The number of alkyl carbamates (subject to hydrolysis) is 2. The topological polar surface area (TPSA) is 175 Å². The van der Waals surface area contributed by atoms with Crippen molar-refractivity contribution in [2.45, 2.75) is 83.7 Å². The van der Waals surface area contributed by atoms with Gasteiger partial charge in [0.2, 0.25) is 11.8 Å². The van der Waals surface area contributed by atoms with Crippen LogP contribution in [0.1, 0.15) is 82.7 Å². The van der Waals surface area contributed by atoms with E-state index in [2.05, 4.69) is 30.6 Å². The van der Waals surface area contributed by atoms with Gasteiger partial charge in [0.15, 0.2) is 0 Å². The van der Waals surface area contributed by atoms with E-state index in [1.54, 1.807) is 40.3 Å². The van der Waals surface area contributed by atoms with E-state index in [0.717, 1.165) is 34.5 Å². The summed E-state index contributed by atoms with van der Waals surface area (Å²) in [5.74, 6) is 0.192. The molecule has 0 spiro atoms. The van der Waals surface area contributed by atoms with E-state index >= 15 is 0 Å². The van der Waals surface area contributed by atoms with Gasteiger partial charge < -0.3 is 39.9 Å². The summed E-state index contributed by atoms with van der Waals surface area (Å²) >= 11 is 0. The number of methoxy groups -OCH3 is 2. The predicted octanol–water partition coefficient (Wildman–Crippen LogP) is 8.39. The molecule has 5 aromatic rings. The molecule has 7 rings (SSSR count). The zero-order valence-corrected chi connectivity index (χ0v) is 35.4. The molecule has 4 amide bonds. The van der Waals surface area contributed by atoms with E-state index in [4.69, 9.17) is 9.47 Å². The minimum atomic E-state index is -4.68. The molecular weight excluding hydrogens is 806 g/mol. The molecule has 62 heavy (non-hydrogen) atoms. The fourth-order valence-corrected chi connectivity index (χ4v) is 8.47. The Kier molecular flexibility index (Phi) is 12.6. The summed E-state index contributed by atoms with van der Waals surface area (Å²) in [6.45, 7) is 8.31. The molecule has 14 nitrogen and oxygen atoms in total. The van der Waals surface area contributed by atoms with Crippen LogP contribution in [0.5, 0.6) is 0 Å². The minimum absolute atomic E-state index is 0.0210. The molecule has 328 valence electrons. The molecular formula is C45H51F3N8O6. The van der Waals surface area contributed by atoms with Crippen LogP contribution in [0.4, 0.5) is 22.8 Å². The third kappa shape index (κ3) is 8.97. The first-order valence-corrected chi connectivity index (χ1v) is 20.7. The van der Waals surface area contributed by atoms with Gasteiger partial charge in [-0.25, -0.2) is 19.6 Å². The van der Waals surface area contributed by atoms with E-state index in [0.29, 0.717) is 55.3 Å². The summed E-state index contributed by atoms with van der Waals surface area (Å²) in [6.07, 6.45) is -0.115. The number of carbonyl (C=O) groups excluding carboxylic acids is 4. The Bertz CT molecular complexity index is 2460. The number of hydrogen-bond acceptors (Lipinski definition) is 8. The number of nitrogens with zero attached hydrogens (tertiary/aromatic N) is 4. The van der Waals surface area contributed by atoms with Crippen LogP contribution < -0.4 is 10.6 Å². The Morgan fingerprint density at radius 3 is 1.56 bits per heavy atom. The number of alkyl halides is 3. The van der Waals surface area contributed by atoms with Gasteiger partial charge in [-0.1, -0.05) is 64.1 Å². The molecule has 17 heteroatoms. The number of aromatic amines is 2. The number of nitrogens with one attached hydrogen (secondary N) is 4. The zero-order valence-electron chi connectivity index (χ0n) is 35.4. The second-order valence-electron chi connectivity index (χ2n) is 16.5.